The number of carbonyl (C=O) groups excluding carboxylic acids is 1. The van der Waals surface area contributed by atoms with Crippen molar-refractivity contribution >= 4 is 23.8 Å². The first kappa shape index (κ1) is 33.0. The minimum absolute atomic E-state index is 0.00699. The Morgan fingerprint density at radius 3 is 2.33 bits per heavy atom. The molecule has 0 saturated carbocycles. The van der Waals surface area contributed by atoms with E-state index in [9.17, 15) is 19.8 Å². The maximum atomic E-state index is 11.9. The second-order valence-corrected chi connectivity index (χ2v) is 12.1. The van der Waals surface area contributed by atoms with Gasteiger partial charge in [0.2, 0.25) is 0 Å². The van der Waals surface area contributed by atoms with Gasteiger partial charge in [-0.1, -0.05) is 80.2 Å². The molecule has 1 heterocycles. The molecule has 4 aromatic carbocycles. The van der Waals surface area contributed by atoms with E-state index in [-0.39, 0.29) is 36.9 Å². The number of amides is 1. The van der Waals surface area contributed by atoms with Crippen LogP contribution >= 0.6 is 11.8 Å². The van der Waals surface area contributed by atoms with Gasteiger partial charge in [0.15, 0.2) is 6.29 Å². The van der Waals surface area contributed by atoms with Gasteiger partial charge in [0.25, 0.3) is 0 Å². The zero-order valence-corrected chi connectivity index (χ0v) is 26.3. The summed E-state index contributed by atoms with van der Waals surface area (Å²) in [6.07, 6.45) is -0.0535. The minimum atomic E-state index is -0.953. The Kier molecular flexibility index (Phi) is 11.3. The molecule has 4 aromatic rings. The lowest BCUT2D eigenvalue weighted by Crippen LogP contribution is -2.38. The van der Waals surface area contributed by atoms with Gasteiger partial charge in [0, 0.05) is 28.7 Å². The number of carbonyl (C=O) groups is 2. The molecule has 0 aliphatic carbocycles. The quantitative estimate of drug-likeness (QED) is 0.108. The summed E-state index contributed by atoms with van der Waals surface area (Å²) in [4.78, 5) is 24.1. The molecule has 1 amide bonds. The summed E-state index contributed by atoms with van der Waals surface area (Å²) >= 11 is 1.61. The van der Waals surface area contributed by atoms with E-state index in [1.165, 1.54) is 6.08 Å². The fraction of sp³-hybridized carbons (Fsp3) is 0.243. The Morgan fingerprint density at radius 1 is 0.913 bits per heavy atom. The third kappa shape index (κ3) is 8.44. The van der Waals surface area contributed by atoms with Crippen LogP contribution in [0.3, 0.4) is 0 Å². The molecule has 8 nitrogen and oxygen atoms in total. The predicted molar refractivity (Wildman–Crippen MR) is 177 cm³/mol. The van der Waals surface area contributed by atoms with Crippen LogP contribution in [-0.2, 0) is 27.4 Å². The van der Waals surface area contributed by atoms with E-state index in [4.69, 9.17) is 14.2 Å². The largest absolute Gasteiger partial charge is 0.478 e. The highest BCUT2D eigenvalue weighted by Crippen LogP contribution is 2.43. The van der Waals surface area contributed by atoms with Crippen molar-refractivity contribution in [3.8, 4) is 11.1 Å². The van der Waals surface area contributed by atoms with Crippen LogP contribution in [0.25, 0.3) is 11.1 Å². The van der Waals surface area contributed by atoms with E-state index in [1.807, 2.05) is 78.9 Å². The lowest BCUT2D eigenvalue weighted by Gasteiger charge is -2.41. The standard InChI is InChI=1S/C37H37NO7S/c1-3-18-43-37(42)38-21-26-6-4-7-29(19-26)30-8-5-9-31(20-30)36-44-33(23-46-32-16-14-28(15-17-32)35(40)41)24(2)34(45-36)27-12-10-25(22-39)11-13-27/h3-17,19-20,24,33-34,36,39H,1,18,21-23H2,2H3,(H,38,42)(H,40,41)/t24-,33+,34+,36+/m0/s1. The van der Waals surface area contributed by atoms with Gasteiger partial charge in [-0.2, -0.15) is 0 Å². The van der Waals surface area contributed by atoms with Gasteiger partial charge < -0.3 is 29.7 Å². The van der Waals surface area contributed by atoms with E-state index in [0.29, 0.717) is 12.3 Å². The Hall–Kier alpha value is -4.41. The van der Waals surface area contributed by atoms with E-state index >= 15 is 0 Å². The Bertz CT molecular complexity index is 1640. The molecular formula is C37H37NO7S. The number of rotatable bonds is 12. The predicted octanol–water partition coefficient (Wildman–Crippen LogP) is 7.54. The van der Waals surface area contributed by atoms with Crippen LogP contribution in [0.15, 0.2) is 115 Å². The van der Waals surface area contributed by atoms with Gasteiger partial charge in [-0.15, -0.1) is 11.8 Å². The number of carboxylic acid groups (broad SMARTS) is 1. The van der Waals surface area contributed by atoms with Crippen LogP contribution in [0, 0.1) is 5.92 Å². The van der Waals surface area contributed by atoms with Crippen molar-refractivity contribution in [2.24, 2.45) is 5.92 Å². The zero-order chi connectivity index (χ0) is 32.5. The molecule has 238 valence electrons. The number of ether oxygens (including phenoxy) is 3. The highest BCUT2D eigenvalue weighted by molar-refractivity contribution is 7.99. The minimum Gasteiger partial charge on any atom is -0.478 e. The number of aliphatic hydroxyl groups excluding tert-OH is 1. The first-order chi connectivity index (χ1) is 22.3. The first-order valence-corrected chi connectivity index (χ1v) is 16.0. The van der Waals surface area contributed by atoms with E-state index in [1.54, 1.807) is 23.9 Å². The van der Waals surface area contributed by atoms with Gasteiger partial charge >= 0.3 is 12.1 Å². The average molecular weight is 640 g/mol. The van der Waals surface area contributed by atoms with E-state index in [0.717, 1.165) is 38.3 Å². The number of alkyl carbamates (subject to hydrolysis) is 1. The van der Waals surface area contributed by atoms with Crippen molar-refractivity contribution < 1.29 is 34.0 Å². The summed E-state index contributed by atoms with van der Waals surface area (Å²) in [5, 5.41) is 21.6. The molecule has 9 heteroatoms. The molecule has 5 rings (SSSR count). The maximum Gasteiger partial charge on any atom is 0.407 e. The van der Waals surface area contributed by atoms with E-state index < -0.39 is 18.4 Å². The number of thioether (sulfide) groups is 1. The third-order valence-electron chi connectivity index (χ3n) is 7.83. The monoisotopic (exact) mass is 639 g/mol. The van der Waals surface area contributed by atoms with Gasteiger partial charge in [0.1, 0.15) is 6.61 Å². The highest BCUT2D eigenvalue weighted by Gasteiger charge is 2.38. The van der Waals surface area contributed by atoms with Crippen molar-refractivity contribution in [3.63, 3.8) is 0 Å². The summed E-state index contributed by atoms with van der Waals surface area (Å²) in [6.45, 7) is 6.11. The van der Waals surface area contributed by atoms with Crippen LogP contribution in [0.1, 0.15) is 51.9 Å². The fourth-order valence-corrected chi connectivity index (χ4v) is 6.33. The molecule has 0 unspecified atom stereocenters. The molecule has 0 radical (unpaired) electrons. The van der Waals surface area contributed by atoms with Gasteiger partial charge in [-0.05, 0) is 64.2 Å². The van der Waals surface area contributed by atoms with Gasteiger partial charge in [0.05, 0.1) is 24.4 Å². The number of carboxylic acids is 1. The Balaban J connectivity index is 1.36. The smallest absolute Gasteiger partial charge is 0.407 e. The molecule has 1 aliphatic rings. The molecule has 0 bridgehead atoms. The molecule has 0 aromatic heterocycles. The van der Waals surface area contributed by atoms with Crippen molar-refractivity contribution in [2.45, 2.75) is 43.5 Å². The molecule has 1 aliphatic heterocycles. The van der Waals surface area contributed by atoms with Gasteiger partial charge in [-0.3, -0.25) is 0 Å². The van der Waals surface area contributed by atoms with Crippen LogP contribution in [-0.4, -0.2) is 40.7 Å². The van der Waals surface area contributed by atoms with E-state index in [2.05, 4.69) is 24.9 Å². The van der Waals surface area contributed by atoms with Crippen molar-refractivity contribution in [1.29, 1.82) is 0 Å². The van der Waals surface area contributed by atoms with Crippen LogP contribution < -0.4 is 5.32 Å². The topological polar surface area (TPSA) is 114 Å². The first-order valence-electron chi connectivity index (χ1n) is 15.0. The molecule has 0 spiro atoms. The number of aliphatic hydroxyl groups is 1. The van der Waals surface area contributed by atoms with Crippen molar-refractivity contribution in [1.82, 2.24) is 5.32 Å². The summed E-state index contributed by atoms with van der Waals surface area (Å²) in [5.74, 6) is -0.305. The van der Waals surface area contributed by atoms with Crippen molar-refractivity contribution in [2.75, 3.05) is 12.4 Å². The molecule has 46 heavy (non-hydrogen) atoms. The molecular weight excluding hydrogens is 602 g/mol. The lowest BCUT2D eigenvalue weighted by molar-refractivity contribution is -0.268. The molecule has 4 atom stereocenters. The third-order valence-corrected chi connectivity index (χ3v) is 8.93. The summed E-state index contributed by atoms with van der Waals surface area (Å²) < 4.78 is 18.3. The average Bonchev–Trinajstić information content (AvgIpc) is 3.09. The number of aromatic carboxylic acids is 1. The molecule has 3 N–H and O–H groups in total. The van der Waals surface area contributed by atoms with Crippen LogP contribution in [0.2, 0.25) is 0 Å². The SMILES string of the molecule is C=CCOC(=O)NCc1cccc(-c2cccc([C@@H]3O[C@H](CSc4ccc(C(=O)O)cc4)[C@H](C)[C@H](c4ccc(CO)cc4)O3)c2)c1. The van der Waals surface area contributed by atoms with Gasteiger partial charge in [-0.25, -0.2) is 9.59 Å². The summed E-state index contributed by atoms with van der Waals surface area (Å²) in [7, 11) is 0. The summed E-state index contributed by atoms with van der Waals surface area (Å²) in [5.41, 5.74) is 5.85. The number of nitrogens with one attached hydrogen (secondary N) is 1. The maximum absolute atomic E-state index is 11.9. The second-order valence-electron chi connectivity index (χ2n) is 11.0. The zero-order valence-electron chi connectivity index (χ0n) is 25.5. The molecule has 1 fully saturated rings. The Morgan fingerprint density at radius 2 is 1.63 bits per heavy atom. The fourth-order valence-electron chi connectivity index (χ4n) is 5.27. The normalized spacial score (nSPS) is 19.3. The lowest BCUT2D eigenvalue weighted by atomic mass is 9.91. The summed E-state index contributed by atoms with van der Waals surface area (Å²) in [6, 6.07) is 30.7. The number of hydrogen-bond donors (Lipinski definition) is 3. The highest BCUT2D eigenvalue weighted by atomic mass is 32.2. The van der Waals surface area contributed by atoms with Crippen LogP contribution in [0.5, 0.6) is 0 Å². The number of benzene rings is 4. The van der Waals surface area contributed by atoms with Crippen LogP contribution in [0.4, 0.5) is 4.79 Å². The Labute approximate surface area is 273 Å². The number of hydrogen-bond acceptors (Lipinski definition) is 7. The molecule has 1 saturated heterocycles. The second kappa shape index (κ2) is 15.7. The van der Waals surface area contributed by atoms with Crippen molar-refractivity contribution in [3.05, 3.63) is 138 Å².